The minimum atomic E-state index is -0.395. The largest absolute Gasteiger partial charge is 0.467 e. The maximum atomic E-state index is 13.3. The van der Waals surface area contributed by atoms with Crippen LogP contribution in [0.4, 0.5) is 17.1 Å². The fourth-order valence-electron chi connectivity index (χ4n) is 4.87. The third-order valence-corrected chi connectivity index (χ3v) is 6.77. The average Bonchev–Trinajstić information content (AvgIpc) is 3.35. The molecule has 0 radical (unpaired) electrons. The van der Waals surface area contributed by atoms with Crippen molar-refractivity contribution in [1.29, 1.82) is 0 Å². The van der Waals surface area contributed by atoms with Crippen molar-refractivity contribution in [2.75, 3.05) is 29.4 Å². The number of furan rings is 1. The van der Waals surface area contributed by atoms with E-state index in [9.17, 15) is 14.9 Å². The molecule has 2 aromatic carbocycles. The summed E-state index contributed by atoms with van der Waals surface area (Å²) in [7, 11) is 0. The van der Waals surface area contributed by atoms with Gasteiger partial charge in [-0.1, -0.05) is 23.7 Å². The minimum Gasteiger partial charge on any atom is -0.467 e. The fourth-order valence-corrected chi connectivity index (χ4v) is 5.12. The van der Waals surface area contributed by atoms with Gasteiger partial charge in [-0.2, -0.15) is 0 Å². The molecule has 1 fully saturated rings. The number of hydrogen-bond donors (Lipinski definition) is 1. The van der Waals surface area contributed by atoms with E-state index in [-0.39, 0.29) is 23.6 Å². The summed E-state index contributed by atoms with van der Waals surface area (Å²) in [6, 6.07) is 16.1. The van der Waals surface area contributed by atoms with E-state index in [4.69, 9.17) is 16.0 Å². The maximum absolute atomic E-state index is 13.3. The molecular formula is C24H23ClN4O4. The number of nitro groups is 1. The van der Waals surface area contributed by atoms with E-state index in [0.29, 0.717) is 36.8 Å². The molecular weight excluding hydrogens is 444 g/mol. The summed E-state index contributed by atoms with van der Waals surface area (Å²) in [5, 5.41) is 15.0. The minimum absolute atomic E-state index is 0.0386. The van der Waals surface area contributed by atoms with Crippen LogP contribution >= 0.6 is 11.6 Å². The molecule has 9 heteroatoms. The van der Waals surface area contributed by atoms with Gasteiger partial charge in [0.15, 0.2) is 0 Å². The van der Waals surface area contributed by atoms with Crippen molar-refractivity contribution in [2.45, 2.75) is 19.0 Å². The molecule has 2 aliphatic rings. The van der Waals surface area contributed by atoms with E-state index in [1.807, 2.05) is 36.4 Å². The zero-order valence-corrected chi connectivity index (χ0v) is 18.6. The molecule has 0 unspecified atom stereocenters. The summed E-state index contributed by atoms with van der Waals surface area (Å²) in [6.07, 6.45) is 2.00. The summed E-state index contributed by atoms with van der Waals surface area (Å²) in [6.45, 7) is 2.34. The Balaban J connectivity index is 1.46. The number of benzene rings is 2. The molecule has 8 nitrogen and oxygen atoms in total. The third kappa shape index (κ3) is 4.14. The number of non-ortho nitro benzene ring substituents is 1. The molecule has 3 heterocycles. The Morgan fingerprint density at radius 3 is 2.76 bits per heavy atom. The quantitative estimate of drug-likeness (QED) is 0.451. The Morgan fingerprint density at radius 1 is 1.15 bits per heavy atom. The molecule has 0 bridgehead atoms. The normalized spacial score (nSPS) is 19.5. The highest BCUT2D eigenvalue weighted by atomic mass is 35.5. The Kier molecular flexibility index (Phi) is 5.68. The number of nitrogens with one attached hydrogen (secondary N) is 1. The first-order chi connectivity index (χ1) is 16.0. The van der Waals surface area contributed by atoms with Crippen LogP contribution in [0.25, 0.3) is 0 Å². The third-order valence-electron chi connectivity index (χ3n) is 6.45. The van der Waals surface area contributed by atoms with Gasteiger partial charge in [-0.05, 0) is 42.3 Å². The molecule has 1 aromatic heterocycles. The molecule has 0 aliphatic carbocycles. The summed E-state index contributed by atoms with van der Waals surface area (Å²) in [4.78, 5) is 28.7. The first-order valence-electron chi connectivity index (χ1n) is 10.8. The van der Waals surface area contributed by atoms with Gasteiger partial charge < -0.3 is 19.5 Å². The predicted molar refractivity (Wildman–Crippen MR) is 126 cm³/mol. The number of carbonyl (C=O) groups excluding carboxylic acids is 1. The molecule has 2 aliphatic heterocycles. The van der Waals surface area contributed by atoms with Gasteiger partial charge in [-0.25, -0.2) is 0 Å². The van der Waals surface area contributed by atoms with Gasteiger partial charge in [-0.15, -0.1) is 0 Å². The topological polar surface area (TPSA) is 91.9 Å². The van der Waals surface area contributed by atoms with Crippen molar-refractivity contribution in [2.24, 2.45) is 5.92 Å². The van der Waals surface area contributed by atoms with Crippen LogP contribution in [-0.4, -0.2) is 36.5 Å². The monoisotopic (exact) mass is 466 g/mol. The van der Waals surface area contributed by atoms with Crippen LogP contribution in [0, 0.1) is 16.0 Å². The van der Waals surface area contributed by atoms with Gasteiger partial charge in [-0.3, -0.25) is 14.9 Å². The molecule has 3 aromatic rings. The first kappa shape index (κ1) is 21.3. The Bertz CT molecular complexity index is 1180. The number of amides is 1. The van der Waals surface area contributed by atoms with Gasteiger partial charge >= 0.3 is 0 Å². The van der Waals surface area contributed by atoms with Crippen LogP contribution < -0.4 is 15.1 Å². The Labute approximate surface area is 195 Å². The first-order valence-corrected chi connectivity index (χ1v) is 11.2. The lowest BCUT2D eigenvalue weighted by molar-refractivity contribution is -0.384. The SMILES string of the molecule is O=C(NCc1ccco1)[C@H]1Cc2cc([N+](=O)[O-])ccc2N2CCN(c3ccccc3Cl)C[C@H]12. The van der Waals surface area contributed by atoms with E-state index in [0.717, 1.165) is 23.5 Å². The van der Waals surface area contributed by atoms with E-state index in [2.05, 4.69) is 15.1 Å². The number of nitrogens with zero attached hydrogens (tertiary/aromatic N) is 3. The molecule has 33 heavy (non-hydrogen) atoms. The van der Waals surface area contributed by atoms with E-state index >= 15 is 0 Å². The van der Waals surface area contributed by atoms with Crippen molar-refractivity contribution in [3.63, 3.8) is 0 Å². The summed E-state index contributed by atoms with van der Waals surface area (Å²) in [5.41, 5.74) is 2.77. The summed E-state index contributed by atoms with van der Waals surface area (Å²) >= 11 is 6.46. The second-order valence-electron chi connectivity index (χ2n) is 8.34. The number of carbonyl (C=O) groups is 1. The number of anilines is 2. The second-order valence-corrected chi connectivity index (χ2v) is 8.74. The van der Waals surface area contributed by atoms with Crippen molar-refractivity contribution >= 4 is 34.6 Å². The number of para-hydroxylation sites is 1. The summed E-state index contributed by atoms with van der Waals surface area (Å²) in [5.74, 6) is 0.202. The Hall–Kier alpha value is -3.52. The van der Waals surface area contributed by atoms with E-state index in [1.165, 1.54) is 6.07 Å². The molecule has 1 N–H and O–H groups in total. The molecule has 1 amide bonds. The second kappa shape index (κ2) is 8.78. The molecule has 0 spiro atoms. The predicted octanol–water partition coefficient (Wildman–Crippen LogP) is 4.03. The zero-order valence-electron chi connectivity index (χ0n) is 17.8. The molecule has 1 saturated heterocycles. The number of halogens is 1. The van der Waals surface area contributed by atoms with Crippen LogP contribution in [0.3, 0.4) is 0 Å². The van der Waals surface area contributed by atoms with E-state index < -0.39 is 4.92 Å². The van der Waals surface area contributed by atoms with Crippen LogP contribution in [-0.2, 0) is 17.8 Å². The van der Waals surface area contributed by atoms with Crippen LogP contribution in [0.2, 0.25) is 5.02 Å². The Morgan fingerprint density at radius 2 is 2.00 bits per heavy atom. The highest BCUT2D eigenvalue weighted by Gasteiger charge is 2.42. The lowest BCUT2D eigenvalue weighted by Gasteiger charge is -2.49. The maximum Gasteiger partial charge on any atom is 0.269 e. The fraction of sp³-hybridized carbons (Fsp3) is 0.292. The highest BCUT2D eigenvalue weighted by Crippen LogP contribution is 2.39. The van der Waals surface area contributed by atoms with Crippen molar-refractivity contribution in [3.8, 4) is 0 Å². The van der Waals surface area contributed by atoms with E-state index in [1.54, 1.807) is 18.4 Å². The van der Waals surface area contributed by atoms with Gasteiger partial charge in [0.25, 0.3) is 5.69 Å². The summed E-state index contributed by atoms with van der Waals surface area (Å²) < 4.78 is 5.34. The smallest absolute Gasteiger partial charge is 0.269 e. The van der Waals surface area contributed by atoms with Gasteiger partial charge in [0, 0.05) is 37.5 Å². The van der Waals surface area contributed by atoms with Crippen LogP contribution in [0.15, 0.2) is 65.3 Å². The van der Waals surface area contributed by atoms with Gasteiger partial charge in [0.2, 0.25) is 5.91 Å². The van der Waals surface area contributed by atoms with Crippen molar-refractivity contribution in [3.05, 3.63) is 87.3 Å². The molecule has 5 rings (SSSR count). The number of nitro benzene ring substituents is 1. The lowest BCUT2D eigenvalue weighted by Crippen LogP contribution is -2.61. The molecule has 0 saturated carbocycles. The van der Waals surface area contributed by atoms with Crippen molar-refractivity contribution in [1.82, 2.24) is 5.32 Å². The average molecular weight is 467 g/mol. The zero-order chi connectivity index (χ0) is 22.9. The van der Waals surface area contributed by atoms with Crippen molar-refractivity contribution < 1.29 is 14.1 Å². The van der Waals surface area contributed by atoms with Crippen LogP contribution in [0.5, 0.6) is 0 Å². The van der Waals surface area contributed by atoms with Crippen LogP contribution in [0.1, 0.15) is 11.3 Å². The highest BCUT2D eigenvalue weighted by molar-refractivity contribution is 6.33. The van der Waals surface area contributed by atoms with Gasteiger partial charge in [0.05, 0.1) is 40.4 Å². The standard InChI is InChI=1S/C24H23ClN4O4/c25-20-5-1-2-6-22(20)27-9-10-28-21-8-7-17(29(31)32)12-16(21)13-19(23(28)15-27)24(30)26-14-18-4-3-11-33-18/h1-8,11-12,19,23H,9-10,13-15H2,(H,26,30)/t19-,23+/m0/s1. The lowest BCUT2D eigenvalue weighted by atomic mass is 9.83. The number of piperazine rings is 1. The van der Waals surface area contributed by atoms with Gasteiger partial charge in [0.1, 0.15) is 5.76 Å². The molecule has 170 valence electrons. The number of rotatable bonds is 5. The molecule has 2 atom stereocenters. The number of hydrogen-bond acceptors (Lipinski definition) is 6. The number of fused-ring (bicyclic) bond motifs is 3.